The second kappa shape index (κ2) is 8.14. The molecule has 2 heterocycles. The Balaban J connectivity index is 1.74. The number of methoxy groups -OCH3 is 1. The van der Waals surface area contributed by atoms with Gasteiger partial charge < -0.3 is 20.7 Å². The summed E-state index contributed by atoms with van der Waals surface area (Å²) in [6.45, 7) is 9.79. The minimum atomic E-state index is -0.599. The van der Waals surface area contributed by atoms with Gasteiger partial charge in [0.2, 0.25) is 5.82 Å². The number of aryl methyl sites for hydroxylation is 2. The molecule has 1 fully saturated rings. The Labute approximate surface area is 166 Å². The van der Waals surface area contributed by atoms with E-state index in [2.05, 4.69) is 46.2 Å². The summed E-state index contributed by atoms with van der Waals surface area (Å²) < 4.78 is 5.53. The molecule has 1 aliphatic heterocycles. The molecule has 0 spiro atoms. The summed E-state index contributed by atoms with van der Waals surface area (Å²) in [5, 5.41) is 3.71. The number of anilines is 1. The van der Waals surface area contributed by atoms with Crippen LogP contribution in [0.1, 0.15) is 52.4 Å². The van der Waals surface area contributed by atoms with E-state index < -0.39 is 5.91 Å². The molecule has 150 valence electrons. The number of ether oxygens (including phenoxy) is 1. The zero-order valence-electron chi connectivity index (χ0n) is 17.2. The van der Waals surface area contributed by atoms with Crippen LogP contribution in [0.5, 0.6) is 5.75 Å². The van der Waals surface area contributed by atoms with E-state index >= 15 is 0 Å². The van der Waals surface area contributed by atoms with E-state index in [1.807, 2.05) is 19.9 Å². The van der Waals surface area contributed by atoms with Crippen molar-refractivity contribution in [1.29, 1.82) is 0 Å². The predicted octanol–water partition coefficient (Wildman–Crippen LogP) is 2.44. The summed E-state index contributed by atoms with van der Waals surface area (Å²) in [5.41, 5.74) is 9.53. The zero-order chi connectivity index (χ0) is 20.4. The molecule has 1 saturated heterocycles. The van der Waals surface area contributed by atoms with Gasteiger partial charge in [-0.3, -0.25) is 4.79 Å². The standard InChI is InChI=1S/C21H29N5O2/c1-12-6-7-18(28-5)17(10-12)15(4)23-16-8-9-26(11-16)21-13(2)14(3)24-20(25-21)19(22)27/h6-7,10,15-16,23H,8-9,11H2,1-5H3,(H2,22,27)/t15?,16-/m1/s1. The van der Waals surface area contributed by atoms with Crippen LogP contribution in [0.4, 0.5) is 5.82 Å². The lowest BCUT2D eigenvalue weighted by Crippen LogP contribution is -2.35. The third-order valence-corrected chi connectivity index (χ3v) is 5.41. The molecule has 7 heteroatoms. The predicted molar refractivity (Wildman–Crippen MR) is 110 cm³/mol. The first-order valence-electron chi connectivity index (χ1n) is 9.60. The van der Waals surface area contributed by atoms with Crippen LogP contribution >= 0.6 is 0 Å². The summed E-state index contributed by atoms with van der Waals surface area (Å²) >= 11 is 0. The molecule has 1 unspecified atom stereocenters. The van der Waals surface area contributed by atoms with Crippen molar-refractivity contribution in [2.75, 3.05) is 25.1 Å². The molecule has 1 aliphatic rings. The Morgan fingerprint density at radius 1 is 1.32 bits per heavy atom. The van der Waals surface area contributed by atoms with E-state index in [1.165, 1.54) is 5.56 Å². The first kappa shape index (κ1) is 20.1. The first-order chi connectivity index (χ1) is 13.3. The number of benzene rings is 1. The summed E-state index contributed by atoms with van der Waals surface area (Å²) in [4.78, 5) is 22.4. The van der Waals surface area contributed by atoms with Gasteiger partial charge >= 0.3 is 0 Å². The highest BCUT2D eigenvalue weighted by molar-refractivity contribution is 5.89. The quantitative estimate of drug-likeness (QED) is 0.796. The minimum Gasteiger partial charge on any atom is -0.496 e. The van der Waals surface area contributed by atoms with E-state index in [9.17, 15) is 4.79 Å². The molecule has 1 aromatic heterocycles. The van der Waals surface area contributed by atoms with Gasteiger partial charge in [0.1, 0.15) is 11.6 Å². The van der Waals surface area contributed by atoms with Crippen LogP contribution in [0, 0.1) is 20.8 Å². The van der Waals surface area contributed by atoms with Gasteiger partial charge in [0.15, 0.2) is 0 Å². The van der Waals surface area contributed by atoms with Gasteiger partial charge in [-0.15, -0.1) is 0 Å². The number of carbonyl (C=O) groups is 1. The molecular weight excluding hydrogens is 354 g/mol. The highest BCUT2D eigenvalue weighted by Gasteiger charge is 2.28. The molecule has 3 N–H and O–H groups in total. The van der Waals surface area contributed by atoms with E-state index in [0.717, 1.165) is 47.9 Å². The Hall–Kier alpha value is -2.67. The smallest absolute Gasteiger partial charge is 0.286 e. The van der Waals surface area contributed by atoms with E-state index in [0.29, 0.717) is 6.04 Å². The summed E-state index contributed by atoms with van der Waals surface area (Å²) in [7, 11) is 1.70. The number of rotatable bonds is 6. The molecule has 0 bridgehead atoms. The highest BCUT2D eigenvalue weighted by atomic mass is 16.5. The fraction of sp³-hybridized carbons (Fsp3) is 0.476. The van der Waals surface area contributed by atoms with Crippen molar-refractivity contribution in [3.63, 3.8) is 0 Å². The van der Waals surface area contributed by atoms with Crippen molar-refractivity contribution in [3.05, 3.63) is 46.4 Å². The molecule has 2 atom stereocenters. The molecular formula is C21H29N5O2. The zero-order valence-corrected chi connectivity index (χ0v) is 17.2. The van der Waals surface area contributed by atoms with Crippen molar-refractivity contribution in [2.45, 2.75) is 46.2 Å². The normalized spacial score (nSPS) is 17.6. The van der Waals surface area contributed by atoms with Crippen molar-refractivity contribution in [1.82, 2.24) is 15.3 Å². The fourth-order valence-corrected chi connectivity index (χ4v) is 3.76. The lowest BCUT2D eigenvalue weighted by molar-refractivity contribution is 0.0990. The number of nitrogens with zero attached hydrogens (tertiary/aromatic N) is 3. The molecule has 28 heavy (non-hydrogen) atoms. The van der Waals surface area contributed by atoms with E-state index in [1.54, 1.807) is 7.11 Å². The van der Waals surface area contributed by atoms with E-state index in [-0.39, 0.29) is 11.9 Å². The number of aromatic nitrogens is 2. The van der Waals surface area contributed by atoms with Crippen LogP contribution in [-0.4, -0.2) is 42.1 Å². The molecule has 3 rings (SSSR count). The fourth-order valence-electron chi connectivity index (χ4n) is 3.76. The number of primary amides is 1. The number of carbonyl (C=O) groups excluding carboxylic acids is 1. The van der Waals surface area contributed by atoms with E-state index in [4.69, 9.17) is 10.5 Å². The molecule has 0 saturated carbocycles. The molecule has 1 amide bonds. The maximum Gasteiger partial charge on any atom is 0.286 e. The minimum absolute atomic E-state index is 0.0763. The van der Waals surface area contributed by atoms with Gasteiger partial charge in [0.25, 0.3) is 5.91 Å². The third kappa shape index (κ3) is 4.09. The third-order valence-electron chi connectivity index (χ3n) is 5.41. The molecule has 0 aliphatic carbocycles. The van der Waals surface area contributed by atoms with Crippen molar-refractivity contribution in [2.24, 2.45) is 5.73 Å². The van der Waals surface area contributed by atoms with Crippen molar-refractivity contribution < 1.29 is 9.53 Å². The highest BCUT2D eigenvalue weighted by Crippen LogP contribution is 2.29. The van der Waals surface area contributed by atoms with Crippen LogP contribution in [0.3, 0.4) is 0 Å². The average molecular weight is 383 g/mol. The Bertz CT molecular complexity index is 883. The summed E-state index contributed by atoms with van der Waals surface area (Å²) in [5.74, 6) is 1.17. The number of nitrogens with one attached hydrogen (secondary N) is 1. The van der Waals surface area contributed by atoms with Gasteiger partial charge in [0, 0.05) is 42.0 Å². The Morgan fingerprint density at radius 2 is 2.07 bits per heavy atom. The maximum atomic E-state index is 11.5. The van der Waals surface area contributed by atoms with Gasteiger partial charge in [-0.05, 0) is 40.2 Å². The first-order valence-corrected chi connectivity index (χ1v) is 9.60. The average Bonchev–Trinajstić information content (AvgIpc) is 3.11. The van der Waals surface area contributed by atoms with Crippen LogP contribution in [0.15, 0.2) is 18.2 Å². The van der Waals surface area contributed by atoms with Gasteiger partial charge in [-0.2, -0.15) is 0 Å². The van der Waals surface area contributed by atoms with Crippen LogP contribution in [-0.2, 0) is 0 Å². The lowest BCUT2D eigenvalue weighted by Gasteiger charge is -2.24. The molecule has 7 nitrogen and oxygen atoms in total. The number of hydrogen-bond acceptors (Lipinski definition) is 6. The number of hydrogen-bond donors (Lipinski definition) is 2. The second-order valence-corrected chi connectivity index (χ2v) is 7.51. The Kier molecular flexibility index (Phi) is 5.84. The SMILES string of the molecule is COc1ccc(C)cc1C(C)N[C@@H]1CCN(c2nc(C(N)=O)nc(C)c2C)C1. The molecule has 1 aromatic carbocycles. The lowest BCUT2D eigenvalue weighted by atomic mass is 10.0. The largest absolute Gasteiger partial charge is 0.496 e. The maximum absolute atomic E-state index is 11.5. The summed E-state index contributed by atoms with van der Waals surface area (Å²) in [6.07, 6.45) is 0.993. The number of amides is 1. The van der Waals surface area contributed by atoms with Crippen molar-refractivity contribution in [3.8, 4) is 5.75 Å². The summed E-state index contributed by atoms with van der Waals surface area (Å²) in [6, 6.07) is 6.71. The number of nitrogens with two attached hydrogens (primary N) is 1. The van der Waals surface area contributed by atoms with Gasteiger partial charge in [-0.25, -0.2) is 9.97 Å². The van der Waals surface area contributed by atoms with Gasteiger partial charge in [-0.1, -0.05) is 17.7 Å². The van der Waals surface area contributed by atoms with Crippen LogP contribution < -0.4 is 20.7 Å². The molecule has 0 radical (unpaired) electrons. The Morgan fingerprint density at radius 3 is 2.75 bits per heavy atom. The topological polar surface area (TPSA) is 93.4 Å². The second-order valence-electron chi connectivity index (χ2n) is 7.51. The molecule has 2 aromatic rings. The monoisotopic (exact) mass is 383 g/mol. The van der Waals surface area contributed by atoms with Crippen LogP contribution in [0.2, 0.25) is 0 Å². The van der Waals surface area contributed by atoms with Gasteiger partial charge in [0.05, 0.1) is 7.11 Å². The van der Waals surface area contributed by atoms with Crippen LogP contribution in [0.25, 0.3) is 0 Å². The van der Waals surface area contributed by atoms with Crippen molar-refractivity contribution >= 4 is 11.7 Å².